The molecule has 5 rings (SSSR count). The van der Waals surface area contributed by atoms with Crippen LogP contribution in [0.5, 0.6) is 12.0 Å². The Hall–Kier alpha value is -2.62. The maximum absolute atomic E-state index is 12.0. The van der Waals surface area contributed by atoms with Gasteiger partial charge in [-0.05, 0) is 6.42 Å². The van der Waals surface area contributed by atoms with Crippen LogP contribution in [0.2, 0.25) is 5.02 Å². The second kappa shape index (κ2) is 6.27. The second-order valence-corrected chi connectivity index (χ2v) is 6.61. The van der Waals surface area contributed by atoms with Crippen LogP contribution in [-0.4, -0.2) is 64.1 Å². The van der Waals surface area contributed by atoms with Gasteiger partial charge in [-0.2, -0.15) is 15.1 Å². The van der Waals surface area contributed by atoms with Crippen molar-refractivity contribution in [2.45, 2.75) is 18.5 Å². The van der Waals surface area contributed by atoms with Crippen LogP contribution in [0.15, 0.2) is 11.0 Å². The minimum atomic E-state index is -0.299. The summed E-state index contributed by atoms with van der Waals surface area (Å²) in [4.78, 5) is 28.9. The number of piperazine rings is 1. The lowest BCUT2D eigenvalue weighted by Gasteiger charge is -2.56. The van der Waals surface area contributed by atoms with Gasteiger partial charge < -0.3 is 19.3 Å². The number of rotatable bonds is 4. The molecule has 3 fully saturated rings. The van der Waals surface area contributed by atoms with E-state index in [1.165, 1.54) is 18.9 Å². The van der Waals surface area contributed by atoms with Crippen molar-refractivity contribution in [2.24, 2.45) is 7.05 Å². The summed E-state index contributed by atoms with van der Waals surface area (Å²) in [5.41, 5.74) is 0.363. The summed E-state index contributed by atoms with van der Waals surface area (Å²) in [6.07, 6.45) is 2.65. The van der Waals surface area contributed by atoms with E-state index >= 15 is 0 Å². The zero-order chi connectivity index (χ0) is 18.4. The summed E-state index contributed by atoms with van der Waals surface area (Å²) in [6, 6.07) is 0.830. The largest absolute Gasteiger partial charge is 0.467 e. The van der Waals surface area contributed by atoms with E-state index in [0.29, 0.717) is 24.7 Å². The number of hydrogen-bond acceptors (Lipinski definition) is 9. The third-order valence-electron chi connectivity index (χ3n) is 4.77. The van der Waals surface area contributed by atoms with Gasteiger partial charge in [0.15, 0.2) is 0 Å². The highest BCUT2D eigenvalue weighted by Crippen LogP contribution is 2.38. The highest BCUT2D eigenvalue weighted by atomic mass is 35.5. The number of methoxy groups -OCH3 is 2. The summed E-state index contributed by atoms with van der Waals surface area (Å²) in [5.74, 6) is 0.530. The predicted molar refractivity (Wildman–Crippen MR) is 94.3 cm³/mol. The molecule has 2 bridgehead atoms. The first-order valence-corrected chi connectivity index (χ1v) is 8.48. The SMILES string of the molecule is COc1nc(OC)nc(N2C3CC2CN(c2cnn(C)c(=O)c2Cl)C3)n1. The Morgan fingerprint density at radius 3 is 2.31 bits per heavy atom. The molecule has 0 aromatic carbocycles. The predicted octanol–water partition coefficient (Wildman–Crippen LogP) is 0.103. The molecule has 0 radical (unpaired) electrons. The minimum Gasteiger partial charge on any atom is -0.467 e. The second-order valence-electron chi connectivity index (χ2n) is 6.24. The van der Waals surface area contributed by atoms with Crippen LogP contribution in [0.25, 0.3) is 0 Å². The summed E-state index contributed by atoms with van der Waals surface area (Å²) < 4.78 is 11.5. The Kier molecular flexibility index (Phi) is 4.06. The quantitative estimate of drug-likeness (QED) is 0.732. The van der Waals surface area contributed by atoms with E-state index in [-0.39, 0.29) is 34.7 Å². The van der Waals surface area contributed by atoms with E-state index in [0.717, 1.165) is 6.42 Å². The molecule has 3 aliphatic rings. The highest BCUT2D eigenvalue weighted by molar-refractivity contribution is 6.33. The van der Waals surface area contributed by atoms with Gasteiger partial charge in [0.2, 0.25) is 5.95 Å². The van der Waals surface area contributed by atoms with E-state index in [1.54, 1.807) is 13.2 Å². The molecule has 0 N–H and O–H groups in total. The lowest BCUT2D eigenvalue weighted by Crippen LogP contribution is -2.69. The zero-order valence-electron chi connectivity index (χ0n) is 14.6. The topological polar surface area (TPSA) is 98.5 Å². The smallest absolute Gasteiger partial charge is 0.324 e. The molecule has 0 spiro atoms. The fraction of sp³-hybridized carbons (Fsp3) is 0.533. The standard InChI is InChI=1S/C15H18ClN7O3/c1-21-12(24)11(16)10(5-17-21)22-6-8-4-9(7-22)23(8)13-18-14(25-2)20-15(19-13)26-3/h5,8-9H,4,6-7H2,1-3H3. The number of fused-ring (bicyclic) bond motifs is 2. The Morgan fingerprint density at radius 1 is 1.12 bits per heavy atom. The minimum absolute atomic E-state index is 0.193. The van der Waals surface area contributed by atoms with Crippen molar-refractivity contribution in [1.29, 1.82) is 0 Å². The van der Waals surface area contributed by atoms with E-state index in [2.05, 4.69) is 29.9 Å². The first kappa shape index (κ1) is 16.8. The van der Waals surface area contributed by atoms with Gasteiger partial charge in [-0.25, -0.2) is 4.68 Å². The number of ether oxygens (including phenoxy) is 2. The number of nitrogens with zero attached hydrogens (tertiary/aromatic N) is 7. The lowest BCUT2D eigenvalue weighted by molar-refractivity contribution is 0.278. The van der Waals surface area contributed by atoms with Crippen molar-refractivity contribution in [3.05, 3.63) is 21.6 Å². The molecule has 0 amide bonds. The van der Waals surface area contributed by atoms with Gasteiger partial charge in [0.1, 0.15) is 5.02 Å². The Morgan fingerprint density at radius 2 is 1.73 bits per heavy atom. The molecule has 26 heavy (non-hydrogen) atoms. The lowest BCUT2D eigenvalue weighted by atomic mass is 9.87. The van der Waals surface area contributed by atoms with Crippen LogP contribution in [0, 0.1) is 0 Å². The molecule has 10 nitrogen and oxygen atoms in total. The van der Waals surface area contributed by atoms with Crippen LogP contribution in [-0.2, 0) is 7.05 Å². The molecule has 11 heteroatoms. The fourth-order valence-corrected chi connectivity index (χ4v) is 3.77. The normalized spacial score (nSPS) is 21.4. The van der Waals surface area contributed by atoms with Crippen LogP contribution >= 0.6 is 11.6 Å². The van der Waals surface area contributed by atoms with Gasteiger partial charge in [0.05, 0.1) is 38.2 Å². The van der Waals surface area contributed by atoms with Crippen LogP contribution in [0.1, 0.15) is 6.42 Å². The van der Waals surface area contributed by atoms with Crippen LogP contribution in [0.3, 0.4) is 0 Å². The number of halogens is 1. The van der Waals surface area contributed by atoms with Crippen molar-refractivity contribution in [3.63, 3.8) is 0 Å². The van der Waals surface area contributed by atoms with E-state index in [4.69, 9.17) is 21.1 Å². The van der Waals surface area contributed by atoms with Crippen LogP contribution in [0.4, 0.5) is 11.6 Å². The number of aryl methyl sites for hydroxylation is 1. The zero-order valence-corrected chi connectivity index (χ0v) is 15.3. The van der Waals surface area contributed by atoms with Crippen molar-refractivity contribution < 1.29 is 9.47 Å². The van der Waals surface area contributed by atoms with E-state index in [9.17, 15) is 4.79 Å². The van der Waals surface area contributed by atoms with Gasteiger partial charge in [-0.15, -0.1) is 4.98 Å². The molecule has 2 atom stereocenters. The summed E-state index contributed by atoms with van der Waals surface area (Å²) >= 11 is 6.23. The van der Waals surface area contributed by atoms with Crippen molar-refractivity contribution in [1.82, 2.24) is 24.7 Å². The number of aromatic nitrogens is 5. The van der Waals surface area contributed by atoms with Crippen molar-refractivity contribution in [3.8, 4) is 12.0 Å². The summed E-state index contributed by atoms with van der Waals surface area (Å²) in [7, 11) is 4.58. The molecule has 138 valence electrons. The maximum atomic E-state index is 12.0. The molecule has 0 saturated carbocycles. The van der Waals surface area contributed by atoms with Crippen LogP contribution < -0.4 is 24.8 Å². The number of hydrogen-bond donors (Lipinski definition) is 0. The molecule has 3 saturated heterocycles. The van der Waals surface area contributed by atoms with Crippen molar-refractivity contribution >= 4 is 23.2 Å². The number of piperidine rings is 1. The summed E-state index contributed by atoms with van der Waals surface area (Å²) in [6.45, 7) is 1.39. The third-order valence-corrected chi connectivity index (χ3v) is 5.13. The van der Waals surface area contributed by atoms with Gasteiger partial charge in [-0.3, -0.25) is 4.79 Å². The first-order chi connectivity index (χ1) is 12.5. The summed E-state index contributed by atoms with van der Waals surface area (Å²) in [5, 5.41) is 4.27. The third kappa shape index (κ3) is 2.61. The van der Waals surface area contributed by atoms with Gasteiger partial charge in [-0.1, -0.05) is 11.6 Å². The number of anilines is 2. The van der Waals surface area contributed by atoms with Gasteiger partial charge in [0, 0.05) is 20.1 Å². The van der Waals surface area contributed by atoms with E-state index in [1.807, 2.05) is 0 Å². The Balaban J connectivity index is 1.58. The first-order valence-electron chi connectivity index (χ1n) is 8.11. The molecule has 2 aromatic rings. The maximum Gasteiger partial charge on any atom is 0.324 e. The molecular formula is C15H18ClN7O3. The molecule has 2 aromatic heterocycles. The molecule has 3 aliphatic heterocycles. The average molecular weight is 380 g/mol. The van der Waals surface area contributed by atoms with Gasteiger partial charge >= 0.3 is 12.0 Å². The Bertz CT molecular complexity index is 871. The molecular weight excluding hydrogens is 362 g/mol. The van der Waals surface area contributed by atoms with E-state index < -0.39 is 0 Å². The van der Waals surface area contributed by atoms with Gasteiger partial charge in [0.25, 0.3) is 5.56 Å². The fourth-order valence-electron chi connectivity index (χ4n) is 3.48. The monoisotopic (exact) mass is 379 g/mol. The van der Waals surface area contributed by atoms with Crippen molar-refractivity contribution in [2.75, 3.05) is 37.1 Å². The molecule has 0 aliphatic carbocycles. The average Bonchev–Trinajstić information content (AvgIpc) is 2.65. The molecule has 5 heterocycles. The highest BCUT2D eigenvalue weighted by Gasteiger charge is 2.47. The Labute approximate surface area is 154 Å². The molecule has 2 unspecified atom stereocenters.